The van der Waals surface area contributed by atoms with Crippen molar-refractivity contribution in [3.05, 3.63) is 34.2 Å². The fourth-order valence-electron chi connectivity index (χ4n) is 2.09. The molecule has 0 saturated carbocycles. The van der Waals surface area contributed by atoms with Crippen molar-refractivity contribution in [2.75, 3.05) is 46.3 Å². The number of aromatic amines is 1. The monoisotopic (exact) mass is 264 g/mol. The fourth-order valence-corrected chi connectivity index (χ4v) is 2.09. The minimum absolute atomic E-state index is 0.167. The number of rotatable bonds is 4. The maximum atomic E-state index is 11.8. The van der Waals surface area contributed by atoms with Crippen LogP contribution in [0, 0.1) is 0 Å². The Hall–Kier alpha value is -1.66. The third kappa shape index (κ3) is 3.90. The van der Waals surface area contributed by atoms with Gasteiger partial charge in [-0.05, 0) is 7.05 Å². The van der Waals surface area contributed by atoms with Gasteiger partial charge in [-0.3, -0.25) is 14.5 Å². The summed E-state index contributed by atoms with van der Waals surface area (Å²) in [5.41, 5.74) is -0.0864. The Kier molecular flexibility index (Phi) is 4.70. The molecule has 1 saturated heterocycles. The molecule has 0 aromatic carbocycles. The van der Waals surface area contributed by atoms with Crippen LogP contribution in [0.3, 0.4) is 0 Å². The van der Waals surface area contributed by atoms with Gasteiger partial charge in [0, 0.05) is 57.7 Å². The van der Waals surface area contributed by atoms with E-state index in [0.717, 1.165) is 32.7 Å². The van der Waals surface area contributed by atoms with Crippen LogP contribution in [0.15, 0.2) is 23.3 Å². The Bertz CT molecular complexity index is 478. The van der Waals surface area contributed by atoms with Crippen molar-refractivity contribution in [3.8, 4) is 0 Å². The van der Waals surface area contributed by atoms with Crippen LogP contribution in [-0.2, 0) is 0 Å². The number of hydrogen-bond donors (Lipinski definition) is 2. The van der Waals surface area contributed by atoms with Gasteiger partial charge in [0.1, 0.15) is 5.56 Å². The lowest BCUT2D eigenvalue weighted by molar-refractivity contribution is 0.0939. The van der Waals surface area contributed by atoms with Crippen LogP contribution in [0.5, 0.6) is 0 Å². The number of nitrogens with one attached hydrogen (secondary N) is 2. The van der Waals surface area contributed by atoms with Crippen molar-refractivity contribution in [2.45, 2.75) is 0 Å². The lowest BCUT2D eigenvalue weighted by Gasteiger charge is -2.32. The van der Waals surface area contributed by atoms with E-state index in [1.807, 2.05) is 0 Å². The number of hydrogen-bond acceptors (Lipinski definition) is 4. The summed E-state index contributed by atoms with van der Waals surface area (Å²) in [4.78, 5) is 30.6. The molecule has 0 spiro atoms. The lowest BCUT2D eigenvalue weighted by atomic mass is 10.2. The smallest absolute Gasteiger partial charge is 0.256 e. The summed E-state index contributed by atoms with van der Waals surface area (Å²) in [5.74, 6) is -0.309. The number of carbonyl (C=O) groups is 1. The molecule has 1 aromatic heterocycles. The van der Waals surface area contributed by atoms with E-state index in [2.05, 4.69) is 27.1 Å². The van der Waals surface area contributed by atoms with E-state index in [9.17, 15) is 9.59 Å². The number of nitrogens with zero attached hydrogens (tertiary/aromatic N) is 2. The van der Waals surface area contributed by atoms with Crippen LogP contribution in [0.1, 0.15) is 10.4 Å². The summed E-state index contributed by atoms with van der Waals surface area (Å²) in [6, 6.07) is 1.36. The molecule has 0 radical (unpaired) electrons. The van der Waals surface area contributed by atoms with Crippen molar-refractivity contribution < 1.29 is 4.79 Å². The number of pyridine rings is 1. The predicted octanol–water partition coefficient (Wildman–Crippen LogP) is -0.648. The maximum absolute atomic E-state index is 11.8. The van der Waals surface area contributed by atoms with E-state index in [-0.39, 0.29) is 16.9 Å². The van der Waals surface area contributed by atoms with Crippen molar-refractivity contribution in [2.24, 2.45) is 0 Å². The van der Waals surface area contributed by atoms with Crippen LogP contribution < -0.4 is 10.7 Å². The quantitative estimate of drug-likeness (QED) is 0.758. The molecule has 6 nitrogen and oxygen atoms in total. The molecule has 0 bridgehead atoms. The molecule has 0 unspecified atom stereocenters. The molecule has 104 valence electrons. The van der Waals surface area contributed by atoms with Gasteiger partial charge < -0.3 is 15.2 Å². The third-order valence-electron chi connectivity index (χ3n) is 3.38. The molecule has 1 fully saturated rings. The third-order valence-corrected chi connectivity index (χ3v) is 3.38. The zero-order chi connectivity index (χ0) is 13.7. The van der Waals surface area contributed by atoms with Crippen molar-refractivity contribution in [3.63, 3.8) is 0 Å². The van der Waals surface area contributed by atoms with Gasteiger partial charge >= 0.3 is 0 Å². The van der Waals surface area contributed by atoms with E-state index in [1.54, 1.807) is 0 Å². The molecule has 1 amide bonds. The first-order valence-corrected chi connectivity index (χ1v) is 6.53. The van der Waals surface area contributed by atoms with Crippen molar-refractivity contribution in [1.82, 2.24) is 20.1 Å². The summed E-state index contributed by atoms with van der Waals surface area (Å²) in [6.45, 7) is 5.57. The van der Waals surface area contributed by atoms with Gasteiger partial charge in [-0.1, -0.05) is 0 Å². The number of aromatic nitrogens is 1. The van der Waals surface area contributed by atoms with E-state index in [1.165, 1.54) is 18.5 Å². The predicted molar refractivity (Wildman–Crippen MR) is 73.3 cm³/mol. The van der Waals surface area contributed by atoms with Gasteiger partial charge in [0.15, 0.2) is 5.43 Å². The highest BCUT2D eigenvalue weighted by atomic mass is 16.2. The Morgan fingerprint density at radius 3 is 2.79 bits per heavy atom. The first kappa shape index (κ1) is 13.8. The second-order valence-electron chi connectivity index (χ2n) is 4.82. The molecule has 0 aliphatic carbocycles. The van der Waals surface area contributed by atoms with Crippen LogP contribution >= 0.6 is 0 Å². The Morgan fingerprint density at radius 1 is 1.37 bits per heavy atom. The number of likely N-dealkylation sites (N-methyl/N-ethyl adjacent to an activating group) is 1. The standard InChI is InChI=1S/C13H20N4O2/c1-16-6-8-17(9-7-16)5-4-15-13(19)11-10-14-3-2-12(11)18/h2-3,10H,4-9H2,1H3,(H,14,18)(H,15,19). The summed E-state index contributed by atoms with van der Waals surface area (Å²) in [7, 11) is 2.11. The van der Waals surface area contributed by atoms with Crippen molar-refractivity contribution >= 4 is 5.91 Å². The Morgan fingerprint density at radius 2 is 2.11 bits per heavy atom. The summed E-state index contributed by atoms with van der Waals surface area (Å²) in [5, 5.41) is 2.78. The average molecular weight is 264 g/mol. The molecule has 1 aliphatic rings. The molecule has 2 N–H and O–H groups in total. The summed E-state index contributed by atoms with van der Waals surface area (Å²) >= 11 is 0. The molecular formula is C13H20N4O2. The SMILES string of the molecule is CN1CCN(CCNC(=O)c2c[nH]ccc2=O)CC1. The molecule has 6 heteroatoms. The van der Waals surface area contributed by atoms with E-state index >= 15 is 0 Å². The van der Waals surface area contributed by atoms with Gasteiger partial charge in [-0.15, -0.1) is 0 Å². The van der Waals surface area contributed by atoms with Crippen LogP contribution in [0.4, 0.5) is 0 Å². The molecular weight excluding hydrogens is 244 g/mol. The van der Waals surface area contributed by atoms with E-state index in [4.69, 9.17) is 0 Å². The molecule has 19 heavy (non-hydrogen) atoms. The van der Waals surface area contributed by atoms with Gasteiger partial charge in [0.25, 0.3) is 5.91 Å². The zero-order valence-electron chi connectivity index (χ0n) is 11.2. The largest absolute Gasteiger partial charge is 0.367 e. The first-order valence-electron chi connectivity index (χ1n) is 6.53. The molecule has 1 aromatic rings. The number of piperazine rings is 1. The topological polar surface area (TPSA) is 68.4 Å². The van der Waals surface area contributed by atoms with Gasteiger partial charge in [0.05, 0.1) is 0 Å². The number of H-pyrrole nitrogens is 1. The molecule has 2 rings (SSSR count). The van der Waals surface area contributed by atoms with E-state index < -0.39 is 0 Å². The van der Waals surface area contributed by atoms with Gasteiger partial charge in [-0.25, -0.2) is 0 Å². The molecule has 2 heterocycles. The number of carbonyl (C=O) groups excluding carboxylic acids is 1. The highest BCUT2D eigenvalue weighted by Gasteiger charge is 2.14. The second kappa shape index (κ2) is 6.49. The zero-order valence-corrected chi connectivity index (χ0v) is 11.2. The number of amides is 1. The van der Waals surface area contributed by atoms with Crippen LogP contribution in [0.25, 0.3) is 0 Å². The van der Waals surface area contributed by atoms with Gasteiger partial charge in [-0.2, -0.15) is 0 Å². The lowest BCUT2D eigenvalue weighted by Crippen LogP contribution is -2.47. The average Bonchev–Trinajstić information content (AvgIpc) is 2.41. The van der Waals surface area contributed by atoms with Crippen LogP contribution in [-0.4, -0.2) is 67.0 Å². The fraction of sp³-hybridized carbons (Fsp3) is 0.538. The first-order chi connectivity index (χ1) is 9.16. The highest BCUT2D eigenvalue weighted by Crippen LogP contribution is 1.97. The summed E-state index contributed by atoms with van der Waals surface area (Å²) < 4.78 is 0. The van der Waals surface area contributed by atoms with E-state index in [0.29, 0.717) is 6.54 Å². The van der Waals surface area contributed by atoms with Crippen molar-refractivity contribution in [1.29, 1.82) is 0 Å². The second-order valence-corrected chi connectivity index (χ2v) is 4.82. The minimum Gasteiger partial charge on any atom is -0.367 e. The normalized spacial score (nSPS) is 17.3. The summed E-state index contributed by atoms with van der Waals surface area (Å²) in [6.07, 6.45) is 2.96. The van der Waals surface area contributed by atoms with Gasteiger partial charge in [0.2, 0.25) is 0 Å². The Balaban J connectivity index is 1.75. The Labute approximate surface area is 112 Å². The maximum Gasteiger partial charge on any atom is 0.256 e. The molecule has 1 aliphatic heterocycles. The van der Waals surface area contributed by atoms with Crippen LogP contribution in [0.2, 0.25) is 0 Å². The highest BCUT2D eigenvalue weighted by molar-refractivity contribution is 5.93. The molecule has 0 atom stereocenters. The minimum atomic E-state index is -0.309.